The van der Waals surface area contributed by atoms with Crippen molar-refractivity contribution in [1.82, 2.24) is 9.29 Å². The molecule has 0 amide bonds. The predicted octanol–water partition coefficient (Wildman–Crippen LogP) is -0.0774. The van der Waals surface area contributed by atoms with E-state index in [0.29, 0.717) is 19.5 Å². The van der Waals surface area contributed by atoms with Crippen LogP contribution >= 0.6 is 0 Å². The monoisotopic (exact) mass is 254 g/mol. The molecule has 0 aliphatic carbocycles. The van der Waals surface area contributed by atoms with Crippen molar-refractivity contribution in [2.45, 2.75) is 11.3 Å². The molecule has 92 valence electrons. The maximum atomic E-state index is 12.1. The Hall–Kier alpha value is -1.49. The Kier molecular flexibility index (Phi) is 4.57. The van der Waals surface area contributed by atoms with E-state index in [1.807, 2.05) is 0 Å². The zero-order valence-corrected chi connectivity index (χ0v) is 10.3. The normalized spacial score (nSPS) is 11.4. The minimum atomic E-state index is -3.66. The number of nitrogens with zero attached hydrogens (tertiary/aromatic N) is 3. The van der Waals surface area contributed by atoms with E-state index in [1.165, 1.54) is 29.7 Å². The van der Waals surface area contributed by atoms with Gasteiger partial charge in [-0.25, -0.2) is 17.7 Å². The van der Waals surface area contributed by atoms with Crippen LogP contribution in [-0.4, -0.2) is 37.8 Å². The standard InChI is InChI=1S/C10H14N4O2S/c1-14(7-3-5-11)17(15,16)10-4-2-6-13-9(10)8-12/h2,4,6H,3,5,7,11H2,1H3. The summed E-state index contributed by atoms with van der Waals surface area (Å²) in [5.41, 5.74) is 5.24. The van der Waals surface area contributed by atoms with Crippen LogP contribution in [0.2, 0.25) is 0 Å². The Morgan fingerprint density at radius 3 is 2.88 bits per heavy atom. The Labute approximate surface area is 101 Å². The zero-order chi connectivity index (χ0) is 12.9. The number of aromatic nitrogens is 1. The summed E-state index contributed by atoms with van der Waals surface area (Å²) in [5, 5.41) is 8.82. The highest BCUT2D eigenvalue weighted by Gasteiger charge is 2.23. The topological polar surface area (TPSA) is 100 Å². The fourth-order valence-electron chi connectivity index (χ4n) is 1.28. The molecule has 0 spiro atoms. The summed E-state index contributed by atoms with van der Waals surface area (Å²) < 4.78 is 25.4. The van der Waals surface area contributed by atoms with Crippen molar-refractivity contribution in [3.05, 3.63) is 24.0 Å². The molecule has 1 heterocycles. The van der Waals surface area contributed by atoms with Crippen molar-refractivity contribution >= 4 is 10.0 Å². The highest BCUT2D eigenvalue weighted by atomic mass is 32.2. The van der Waals surface area contributed by atoms with Crippen LogP contribution in [0.4, 0.5) is 0 Å². The molecular formula is C10H14N4O2S. The van der Waals surface area contributed by atoms with E-state index in [1.54, 1.807) is 6.07 Å². The Morgan fingerprint density at radius 2 is 2.29 bits per heavy atom. The van der Waals surface area contributed by atoms with E-state index >= 15 is 0 Å². The van der Waals surface area contributed by atoms with Crippen LogP contribution in [0.1, 0.15) is 12.1 Å². The average molecular weight is 254 g/mol. The van der Waals surface area contributed by atoms with Gasteiger partial charge in [0.15, 0.2) is 5.69 Å². The third-order valence-corrected chi connectivity index (χ3v) is 4.13. The molecule has 6 nitrogen and oxygen atoms in total. The third kappa shape index (κ3) is 3.00. The highest BCUT2D eigenvalue weighted by molar-refractivity contribution is 7.89. The summed E-state index contributed by atoms with van der Waals surface area (Å²) in [4.78, 5) is 3.67. The van der Waals surface area contributed by atoms with Crippen LogP contribution < -0.4 is 5.73 Å². The maximum absolute atomic E-state index is 12.1. The largest absolute Gasteiger partial charge is 0.330 e. The second kappa shape index (κ2) is 5.72. The molecule has 0 bridgehead atoms. The number of hydrogen-bond acceptors (Lipinski definition) is 5. The van der Waals surface area contributed by atoms with E-state index in [9.17, 15) is 8.42 Å². The van der Waals surface area contributed by atoms with Gasteiger partial charge in [-0.3, -0.25) is 0 Å². The van der Waals surface area contributed by atoms with E-state index in [2.05, 4.69) is 4.98 Å². The van der Waals surface area contributed by atoms with E-state index < -0.39 is 10.0 Å². The Morgan fingerprint density at radius 1 is 1.59 bits per heavy atom. The summed E-state index contributed by atoms with van der Waals surface area (Å²) in [6, 6.07) is 4.64. The number of hydrogen-bond donors (Lipinski definition) is 1. The van der Waals surface area contributed by atoms with Gasteiger partial charge in [0, 0.05) is 19.8 Å². The molecular weight excluding hydrogens is 240 g/mol. The molecule has 17 heavy (non-hydrogen) atoms. The summed E-state index contributed by atoms with van der Waals surface area (Å²) in [6.45, 7) is 0.733. The van der Waals surface area contributed by atoms with Gasteiger partial charge in [0.2, 0.25) is 10.0 Å². The van der Waals surface area contributed by atoms with Crippen LogP contribution in [-0.2, 0) is 10.0 Å². The molecule has 0 unspecified atom stereocenters. The SMILES string of the molecule is CN(CCCN)S(=O)(=O)c1cccnc1C#N. The first-order valence-corrected chi connectivity index (χ1v) is 6.49. The van der Waals surface area contributed by atoms with Gasteiger partial charge in [0.25, 0.3) is 0 Å². The van der Waals surface area contributed by atoms with Crippen LogP contribution in [0.15, 0.2) is 23.2 Å². The number of nitriles is 1. The molecule has 0 aliphatic heterocycles. The Bertz CT molecular complexity index is 521. The van der Waals surface area contributed by atoms with Gasteiger partial charge in [0.05, 0.1) is 0 Å². The van der Waals surface area contributed by atoms with Gasteiger partial charge in [0.1, 0.15) is 11.0 Å². The van der Waals surface area contributed by atoms with Gasteiger partial charge < -0.3 is 5.73 Å². The Balaban J connectivity index is 3.10. The summed E-state index contributed by atoms with van der Waals surface area (Å²) in [5.74, 6) is 0. The average Bonchev–Trinajstić information content (AvgIpc) is 2.35. The number of pyridine rings is 1. The second-order valence-corrected chi connectivity index (χ2v) is 5.44. The summed E-state index contributed by atoms with van der Waals surface area (Å²) in [7, 11) is -2.20. The zero-order valence-electron chi connectivity index (χ0n) is 9.50. The molecule has 7 heteroatoms. The van der Waals surface area contributed by atoms with Gasteiger partial charge in [-0.15, -0.1) is 0 Å². The number of nitrogens with two attached hydrogens (primary N) is 1. The maximum Gasteiger partial charge on any atom is 0.245 e. The quantitative estimate of drug-likeness (QED) is 0.792. The van der Waals surface area contributed by atoms with Crippen LogP contribution in [0, 0.1) is 11.3 Å². The molecule has 2 N–H and O–H groups in total. The van der Waals surface area contributed by atoms with Crippen LogP contribution in [0.25, 0.3) is 0 Å². The molecule has 0 aromatic carbocycles. The van der Waals surface area contributed by atoms with Gasteiger partial charge in [-0.05, 0) is 25.1 Å². The summed E-state index contributed by atoms with van der Waals surface area (Å²) >= 11 is 0. The molecule has 0 atom stereocenters. The van der Waals surface area contributed by atoms with Crippen molar-refractivity contribution in [1.29, 1.82) is 5.26 Å². The van der Waals surface area contributed by atoms with Crippen molar-refractivity contribution in [2.75, 3.05) is 20.1 Å². The molecule has 1 aromatic rings. The molecule has 0 fully saturated rings. The molecule has 1 aromatic heterocycles. The first kappa shape index (κ1) is 13.6. The van der Waals surface area contributed by atoms with Crippen molar-refractivity contribution in [2.24, 2.45) is 5.73 Å². The number of sulfonamides is 1. The smallest absolute Gasteiger partial charge is 0.245 e. The van der Waals surface area contributed by atoms with Crippen LogP contribution in [0.3, 0.4) is 0 Å². The molecule has 0 saturated carbocycles. The van der Waals surface area contributed by atoms with Gasteiger partial charge in [-0.1, -0.05) is 0 Å². The van der Waals surface area contributed by atoms with Crippen molar-refractivity contribution in [3.8, 4) is 6.07 Å². The first-order valence-electron chi connectivity index (χ1n) is 5.05. The fraction of sp³-hybridized carbons (Fsp3) is 0.400. The van der Waals surface area contributed by atoms with Crippen molar-refractivity contribution in [3.63, 3.8) is 0 Å². The second-order valence-electron chi connectivity index (χ2n) is 3.43. The lowest BCUT2D eigenvalue weighted by Crippen LogP contribution is -2.29. The highest BCUT2D eigenvalue weighted by Crippen LogP contribution is 2.16. The van der Waals surface area contributed by atoms with Crippen LogP contribution in [0.5, 0.6) is 0 Å². The lowest BCUT2D eigenvalue weighted by Gasteiger charge is -2.16. The first-order chi connectivity index (χ1) is 8.04. The van der Waals surface area contributed by atoms with Gasteiger partial charge >= 0.3 is 0 Å². The molecule has 0 aliphatic rings. The van der Waals surface area contributed by atoms with E-state index in [-0.39, 0.29) is 10.6 Å². The fourth-order valence-corrected chi connectivity index (χ4v) is 2.58. The summed E-state index contributed by atoms with van der Waals surface area (Å²) in [6.07, 6.45) is 1.95. The van der Waals surface area contributed by atoms with E-state index in [0.717, 1.165) is 0 Å². The minimum Gasteiger partial charge on any atom is -0.330 e. The lowest BCUT2D eigenvalue weighted by atomic mass is 10.4. The van der Waals surface area contributed by atoms with Crippen molar-refractivity contribution < 1.29 is 8.42 Å². The van der Waals surface area contributed by atoms with E-state index in [4.69, 9.17) is 11.0 Å². The molecule has 0 radical (unpaired) electrons. The molecule has 0 saturated heterocycles. The number of rotatable bonds is 5. The lowest BCUT2D eigenvalue weighted by molar-refractivity contribution is 0.463. The molecule has 1 rings (SSSR count). The predicted molar refractivity (Wildman–Crippen MR) is 62.4 cm³/mol. The third-order valence-electron chi connectivity index (χ3n) is 2.24. The van der Waals surface area contributed by atoms with Gasteiger partial charge in [-0.2, -0.15) is 5.26 Å². The minimum absolute atomic E-state index is 0.0676.